The Hall–Kier alpha value is -2.02. The van der Waals surface area contributed by atoms with Gasteiger partial charge in [0.25, 0.3) is 0 Å². The first-order valence-electron chi connectivity index (χ1n) is 7.79. The minimum Gasteiger partial charge on any atom is -0.497 e. The standard InChI is InChI=1S/C20H24O3/c1-4-13-20(15-21)17(5-2)7-6-8-19(20)23-14-16-9-11-18(22-3)12-10-16/h2,4,6,8-12,17,19,21H,1,7,13-15H2,3H3/t17-,19+,20-/m0/s1. The van der Waals surface area contributed by atoms with E-state index in [1.54, 1.807) is 7.11 Å². The Kier molecular flexibility index (Phi) is 6.04. The summed E-state index contributed by atoms with van der Waals surface area (Å²) in [6.45, 7) is 4.25. The summed E-state index contributed by atoms with van der Waals surface area (Å²) in [5.41, 5.74) is 0.546. The van der Waals surface area contributed by atoms with Crippen molar-refractivity contribution in [3.8, 4) is 18.1 Å². The SMILES string of the molecule is C#C[C@H]1CC=C[C@@H](OCc2ccc(OC)cc2)[C@]1(CO)CC=C. The number of aliphatic hydroxyl groups is 1. The Balaban J connectivity index is 2.14. The molecule has 1 N–H and O–H groups in total. The molecule has 0 unspecified atom stereocenters. The molecule has 0 saturated carbocycles. The van der Waals surface area contributed by atoms with Crippen LogP contribution in [0.3, 0.4) is 0 Å². The predicted octanol–water partition coefficient (Wildman–Crippen LogP) is 3.34. The van der Waals surface area contributed by atoms with Crippen molar-refractivity contribution in [1.82, 2.24) is 0 Å². The fraction of sp³-hybridized carbons (Fsp3) is 0.400. The third-order valence-electron chi connectivity index (χ3n) is 4.55. The topological polar surface area (TPSA) is 38.7 Å². The van der Waals surface area contributed by atoms with Crippen LogP contribution < -0.4 is 4.74 Å². The fourth-order valence-electron chi connectivity index (χ4n) is 3.12. The van der Waals surface area contributed by atoms with Crippen molar-refractivity contribution in [3.63, 3.8) is 0 Å². The molecule has 0 spiro atoms. The number of hydrogen-bond donors (Lipinski definition) is 1. The number of methoxy groups -OCH3 is 1. The molecule has 3 atom stereocenters. The zero-order valence-corrected chi connectivity index (χ0v) is 13.6. The van der Waals surface area contributed by atoms with Crippen LogP contribution in [0.4, 0.5) is 0 Å². The molecule has 1 aliphatic rings. The number of hydrogen-bond acceptors (Lipinski definition) is 3. The summed E-state index contributed by atoms with van der Waals surface area (Å²) in [5.74, 6) is 3.57. The highest BCUT2D eigenvalue weighted by atomic mass is 16.5. The van der Waals surface area contributed by atoms with Crippen LogP contribution >= 0.6 is 0 Å². The fourth-order valence-corrected chi connectivity index (χ4v) is 3.12. The zero-order chi connectivity index (χ0) is 16.7. The van der Waals surface area contributed by atoms with Gasteiger partial charge in [-0.05, 0) is 30.5 Å². The minimum atomic E-state index is -0.502. The molecule has 0 heterocycles. The van der Waals surface area contributed by atoms with Gasteiger partial charge in [-0.3, -0.25) is 0 Å². The van der Waals surface area contributed by atoms with Gasteiger partial charge in [-0.15, -0.1) is 18.9 Å². The summed E-state index contributed by atoms with van der Waals surface area (Å²) in [6, 6.07) is 7.75. The van der Waals surface area contributed by atoms with E-state index in [0.29, 0.717) is 13.0 Å². The van der Waals surface area contributed by atoms with E-state index < -0.39 is 5.41 Å². The second-order valence-electron chi connectivity index (χ2n) is 5.85. The molecular formula is C20H24O3. The highest BCUT2D eigenvalue weighted by Crippen LogP contribution is 2.43. The van der Waals surface area contributed by atoms with Crippen LogP contribution in [-0.4, -0.2) is 24.9 Å². The Morgan fingerprint density at radius 3 is 2.74 bits per heavy atom. The van der Waals surface area contributed by atoms with Crippen LogP contribution in [0.15, 0.2) is 49.1 Å². The van der Waals surface area contributed by atoms with Crippen LogP contribution in [-0.2, 0) is 11.3 Å². The first kappa shape index (κ1) is 17.3. The lowest BCUT2D eigenvalue weighted by Crippen LogP contribution is -2.46. The van der Waals surface area contributed by atoms with Crippen LogP contribution in [0, 0.1) is 23.7 Å². The summed E-state index contributed by atoms with van der Waals surface area (Å²) in [6.07, 6.45) is 12.7. The molecule has 23 heavy (non-hydrogen) atoms. The predicted molar refractivity (Wildman–Crippen MR) is 92.0 cm³/mol. The van der Waals surface area contributed by atoms with E-state index in [4.69, 9.17) is 15.9 Å². The third kappa shape index (κ3) is 3.67. The van der Waals surface area contributed by atoms with E-state index in [-0.39, 0.29) is 18.6 Å². The number of aliphatic hydroxyl groups excluding tert-OH is 1. The maximum absolute atomic E-state index is 10.0. The van der Waals surface area contributed by atoms with Gasteiger partial charge < -0.3 is 14.6 Å². The van der Waals surface area contributed by atoms with Crippen molar-refractivity contribution in [1.29, 1.82) is 0 Å². The lowest BCUT2D eigenvalue weighted by molar-refractivity contribution is -0.0710. The lowest BCUT2D eigenvalue weighted by Gasteiger charge is -2.43. The summed E-state index contributed by atoms with van der Waals surface area (Å²) in [7, 11) is 1.64. The average molecular weight is 312 g/mol. The monoisotopic (exact) mass is 312 g/mol. The summed E-state index contributed by atoms with van der Waals surface area (Å²) in [5, 5.41) is 10.0. The highest BCUT2D eigenvalue weighted by molar-refractivity contribution is 5.27. The van der Waals surface area contributed by atoms with Crippen LogP contribution in [0.1, 0.15) is 18.4 Å². The van der Waals surface area contributed by atoms with Gasteiger partial charge in [0.15, 0.2) is 0 Å². The van der Waals surface area contributed by atoms with E-state index >= 15 is 0 Å². The molecule has 0 aromatic heterocycles. The zero-order valence-electron chi connectivity index (χ0n) is 13.6. The Labute approximate surface area is 138 Å². The first-order chi connectivity index (χ1) is 11.2. The third-order valence-corrected chi connectivity index (χ3v) is 4.55. The van der Waals surface area contributed by atoms with Gasteiger partial charge in [-0.2, -0.15) is 0 Å². The highest BCUT2D eigenvalue weighted by Gasteiger charge is 2.44. The molecule has 0 aliphatic heterocycles. The largest absolute Gasteiger partial charge is 0.497 e. The Morgan fingerprint density at radius 2 is 2.17 bits per heavy atom. The summed E-state index contributed by atoms with van der Waals surface area (Å²) in [4.78, 5) is 0. The van der Waals surface area contributed by atoms with Gasteiger partial charge >= 0.3 is 0 Å². The lowest BCUT2D eigenvalue weighted by atomic mass is 9.65. The maximum atomic E-state index is 10.0. The minimum absolute atomic E-state index is 0.0223. The molecule has 1 aromatic rings. The van der Waals surface area contributed by atoms with E-state index in [9.17, 15) is 5.11 Å². The second-order valence-corrected chi connectivity index (χ2v) is 5.85. The maximum Gasteiger partial charge on any atom is 0.118 e. The molecular weight excluding hydrogens is 288 g/mol. The van der Waals surface area contributed by atoms with Crippen LogP contribution in [0.5, 0.6) is 5.75 Å². The number of ether oxygens (including phenoxy) is 2. The van der Waals surface area contributed by atoms with E-state index in [2.05, 4.69) is 12.5 Å². The molecule has 1 aromatic carbocycles. The molecule has 0 fully saturated rings. The van der Waals surface area contributed by atoms with Crippen LogP contribution in [0.25, 0.3) is 0 Å². The Morgan fingerprint density at radius 1 is 1.43 bits per heavy atom. The average Bonchev–Trinajstić information content (AvgIpc) is 2.61. The molecule has 3 heteroatoms. The molecule has 122 valence electrons. The van der Waals surface area contributed by atoms with Gasteiger partial charge in [0, 0.05) is 11.3 Å². The van der Waals surface area contributed by atoms with Crippen molar-refractivity contribution >= 4 is 0 Å². The molecule has 0 bridgehead atoms. The number of rotatable bonds is 7. The molecule has 2 rings (SSSR count). The molecule has 3 nitrogen and oxygen atoms in total. The van der Waals surface area contributed by atoms with Crippen molar-refractivity contribution in [3.05, 3.63) is 54.6 Å². The van der Waals surface area contributed by atoms with E-state index in [0.717, 1.165) is 17.7 Å². The first-order valence-corrected chi connectivity index (χ1v) is 7.79. The van der Waals surface area contributed by atoms with E-state index in [1.165, 1.54) is 0 Å². The van der Waals surface area contributed by atoms with E-state index in [1.807, 2.05) is 42.5 Å². The normalized spacial score (nSPS) is 26.5. The number of allylic oxidation sites excluding steroid dienone is 2. The van der Waals surface area contributed by atoms with Crippen molar-refractivity contribution in [2.45, 2.75) is 25.6 Å². The number of benzene rings is 1. The van der Waals surface area contributed by atoms with Gasteiger partial charge in [-0.1, -0.05) is 30.4 Å². The molecule has 0 saturated heterocycles. The summed E-state index contributed by atoms with van der Waals surface area (Å²) >= 11 is 0. The summed E-state index contributed by atoms with van der Waals surface area (Å²) < 4.78 is 11.3. The van der Waals surface area contributed by atoms with Crippen molar-refractivity contribution in [2.75, 3.05) is 13.7 Å². The smallest absolute Gasteiger partial charge is 0.118 e. The molecule has 0 amide bonds. The van der Waals surface area contributed by atoms with Gasteiger partial charge in [0.2, 0.25) is 0 Å². The van der Waals surface area contributed by atoms with Gasteiger partial charge in [-0.25, -0.2) is 0 Å². The molecule has 0 radical (unpaired) electrons. The van der Waals surface area contributed by atoms with Crippen LogP contribution in [0.2, 0.25) is 0 Å². The van der Waals surface area contributed by atoms with Gasteiger partial charge in [0.1, 0.15) is 5.75 Å². The molecule has 1 aliphatic carbocycles. The second kappa shape index (κ2) is 8.01. The quantitative estimate of drug-likeness (QED) is 0.620. The van der Waals surface area contributed by atoms with Crippen molar-refractivity contribution < 1.29 is 14.6 Å². The van der Waals surface area contributed by atoms with Gasteiger partial charge in [0.05, 0.1) is 26.4 Å². The number of terminal acetylenes is 1. The van der Waals surface area contributed by atoms with Crippen molar-refractivity contribution in [2.24, 2.45) is 11.3 Å². The Bertz CT molecular complexity index is 582.